The minimum Gasteiger partial charge on any atom is -0.493 e. The Morgan fingerprint density at radius 1 is 1.42 bits per heavy atom. The number of pyridine rings is 1. The molecule has 128 valence electrons. The van der Waals surface area contributed by atoms with Gasteiger partial charge in [0, 0.05) is 17.6 Å². The van der Waals surface area contributed by atoms with E-state index in [1.165, 1.54) is 6.33 Å². The second-order valence-electron chi connectivity index (χ2n) is 6.50. The first-order valence-electron chi connectivity index (χ1n) is 8.82. The maximum atomic E-state index is 13.2. The lowest BCUT2D eigenvalue weighted by Gasteiger charge is -2.20. The van der Waals surface area contributed by atoms with Crippen LogP contribution in [-0.4, -0.2) is 21.1 Å². The van der Waals surface area contributed by atoms with Gasteiger partial charge in [0.15, 0.2) is 0 Å². The lowest BCUT2D eigenvalue weighted by atomic mass is 10.0. The fourth-order valence-corrected chi connectivity index (χ4v) is 3.53. The zero-order chi connectivity index (χ0) is 17.1. The number of rotatable bonds is 6. The molecule has 5 nitrogen and oxygen atoms in total. The average molecular weight is 327 g/mol. The number of fused-ring (bicyclic) bond motifs is 1. The summed E-state index contributed by atoms with van der Waals surface area (Å²) in [5, 5.41) is 0.902. The average Bonchev–Trinajstić information content (AvgIpc) is 3.09. The molecule has 2 aromatic rings. The SMILES string of the molecule is C=C(OCCCC)c1c(C)c2cncnc2n(C2CCCC2)c1=O. The summed E-state index contributed by atoms with van der Waals surface area (Å²) >= 11 is 0. The molecule has 5 heteroatoms. The molecule has 1 saturated carbocycles. The summed E-state index contributed by atoms with van der Waals surface area (Å²) in [5.74, 6) is 0.462. The minimum atomic E-state index is -0.0351. The second-order valence-corrected chi connectivity index (χ2v) is 6.50. The van der Waals surface area contributed by atoms with Crippen molar-refractivity contribution in [2.24, 2.45) is 0 Å². The Labute approximate surface area is 142 Å². The molecule has 1 aliphatic rings. The molecule has 0 spiro atoms. The fourth-order valence-electron chi connectivity index (χ4n) is 3.53. The number of aryl methyl sites for hydroxylation is 1. The minimum absolute atomic E-state index is 0.0351. The molecule has 0 aliphatic heterocycles. The van der Waals surface area contributed by atoms with Crippen LogP contribution in [0, 0.1) is 6.92 Å². The van der Waals surface area contributed by atoms with Crippen LogP contribution in [0.15, 0.2) is 23.9 Å². The third kappa shape index (κ3) is 2.95. The van der Waals surface area contributed by atoms with Crippen molar-refractivity contribution in [1.29, 1.82) is 0 Å². The molecule has 24 heavy (non-hydrogen) atoms. The molecule has 3 rings (SSSR count). The van der Waals surface area contributed by atoms with Crippen LogP contribution in [0.1, 0.15) is 62.6 Å². The van der Waals surface area contributed by atoms with E-state index >= 15 is 0 Å². The Hall–Kier alpha value is -2.17. The molecule has 0 saturated heterocycles. The highest BCUT2D eigenvalue weighted by atomic mass is 16.5. The number of hydrogen-bond acceptors (Lipinski definition) is 4. The molecule has 0 radical (unpaired) electrons. The van der Waals surface area contributed by atoms with Crippen LogP contribution in [-0.2, 0) is 4.74 Å². The van der Waals surface area contributed by atoms with E-state index in [1.807, 2.05) is 11.5 Å². The van der Waals surface area contributed by atoms with E-state index in [0.717, 1.165) is 55.1 Å². The van der Waals surface area contributed by atoms with Gasteiger partial charge in [0.25, 0.3) is 5.56 Å². The smallest absolute Gasteiger partial charge is 0.263 e. The lowest BCUT2D eigenvalue weighted by Crippen LogP contribution is -2.29. The third-order valence-corrected chi connectivity index (χ3v) is 4.87. The molecule has 2 aromatic heterocycles. The highest BCUT2D eigenvalue weighted by Gasteiger charge is 2.25. The van der Waals surface area contributed by atoms with Gasteiger partial charge in [0.2, 0.25) is 0 Å². The Kier molecular flexibility index (Phi) is 4.97. The Morgan fingerprint density at radius 2 is 2.17 bits per heavy atom. The molecule has 0 bridgehead atoms. The maximum absolute atomic E-state index is 13.2. The second kappa shape index (κ2) is 7.16. The summed E-state index contributed by atoms with van der Waals surface area (Å²) < 4.78 is 7.60. The van der Waals surface area contributed by atoms with Gasteiger partial charge in [-0.15, -0.1) is 0 Å². The van der Waals surface area contributed by atoms with Crippen LogP contribution in [0.25, 0.3) is 16.8 Å². The lowest BCUT2D eigenvalue weighted by molar-refractivity contribution is 0.270. The predicted octanol–water partition coefficient (Wildman–Crippen LogP) is 4.00. The van der Waals surface area contributed by atoms with Crippen LogP contribution in [0.5, 0.6) is 0 Å². The van der Waals surface area contributed by atoms with Crippen molar-refractivity contribution in [3.05, 3.63) is 40.6 Å². The molecule has 1 fully saturated rings. The Balaban J connectivity index is 2.15. The summed E-state index contributed by atoms with van der Waals surface area (Å²) in [4.78, 5) is 21.8. The van der Waals surface area contributed by atoms with Crippen molar-refractivity contribution in [3.63, 3.8) is 0 Å². The highest BCUT2D eigenvalue weighted by molar-refractivity contribution is 5.83. The van der Waals surface area contributed by atoms with Gasteiger partial charge in [-0.05, 0) is 31.7 Å². The normalized spacial score (nSPS) is 15.1. The first kappa shape index (κ1) is 16.7. The van der Waals surface area contributed by atoms with Gasteiger partial charge in [-0.2, -0.15) is 0 Å². The van der Waals surface area contributed by atoms with E-state index in [2.05, 4.69) is 23.5 Å². The van der Waals surface area contributed by atoms with Crippen molar-refractivity contribution in [3.8, 4) is 0 Å². The standard InChI is InChI=1S/C19H25N3O2/c1-4-5-10-24-14(3)17-13(2)16-11-20-12-21-18(16)22(19(17)23)15-8-6-7-9-15/h11-12,15H,3-10H2,1-2H3. The van der Waals surface area contributed by atoms with Crippen LogP contribution in [0.3, 0.4) is 0 Å². The van der Waals surface area contributed by atoms with Gasteiger partial charge in [0.1, 0.15) is 17.7 Å². The van der Waals surface area contributed by atoms with Crippen molar-refractivity contribution >= 4 is 16.8 Å². The largest absolute Gasteiger partial charge is 0.493 e. The van der Waals surface area contributed by atoms with Gasteiger partial charge >= 0.3 is 0 Å². The third-order valence-electron chi connectivity index (χ3n) is 4.87. The first-order chi connectivity index (χ1) is 11.6. The van der Waals surface area contributed by atoms with Gasteiger partial charge < -0.3 is 4.74 Å². The summed E-state index contributed by atoms with van der Waals surface area (Å²) in [5.41, 5.74) is 2.11. The molecular formula is C19H25N3O2. The predicted molar refractivity (Wildman–Crippen MR) is 95.9 cm³/mol. The van der Waals surface area contributed by atoms with E-state index in [1.54, 1.807) is 6.20 Å². The monoisotopic (exact) mass is 327 g/mol. The van der Waals surface area contributed by atoms with Crippen molar-refractivity contribution < 1.29 is 4.74 Å². The number of hydrogen-bond donors (Lipinski definition) is 0. The van der Waals surface area contributed by atoms with Gasteiger partial charge in [-0.1, -0.05) is 32.8 Å². The van der Waals surface area contributed by atoms with E-state index < -0.39 is 0 Å². The van der Waals surface area contributed by atoms with Gasteiger partial charge in [-0.3, -0.25) is 9.36 Å². The maximum Gasteiger partial charge on any atom is 0.263 e. The van der Waals surface area contributed by atoms with Crippen LogP contribution < -0.4 is 5.56 Å². The van der Waals surface area contributed by atoms with Gasteiger partial charge in [0.05, 0.1) is 12.2 Å². The number of ether oxygens (including phenoxy) is 1. The van der Waals surface area contributed by atoms with E-state index in [0.29, 0.717) is 17.9 Å². The number of unbranched alkanes of at least 4 members (excludes halogenated alkanes) is 1. The Bertz CT molecular complexity index is 804. The molecule has 0 atom stereocenters. The van der Waals surface area contributed by atoms with Crippen molar-refractivity contribution in [1.82, 2.24) is 14.5 Å². The van der Waals surface area contributed by atoms with Crippen LogP contribution >= 0.6 is 0 Å². The summed E-state index contributed by atoms with van der Waals surface area (Å²) in [6, 6.07) is 0.206. The molecule has 0 N–H and O–H groups in total. The topological polar surface area (TPSA) is 57.0 Å². The molecular weight excluding hydrogens is 302 g/mol. The zero-order valence-electron chi connectivity index (χ0n) is 14.5. The summed E-state index contributed by atoms with van der Waals surface area (Å²) in [7, 11) is 0. The number of aromatic nitrogens is 3. The number of nitrogens with zero attached hydrogens (tertiary/aromatic N) is 3. The fraction of sp³-hybridized carbons (Fsp3) is 0.526. The quantitative estimate of drug-likeness (QED) is 0.594. The molecule has 1 aliphatic carbocycles. The zero-order valence-corrected chi connectivity index (χ0v) is 14.5. The van der Waals surface area contributed by atoms with Crippen LogP contribution in [0.2, 0.25) is 0 Å². The molecule has 0 amide bonds. The first-order valence-corrected chi connectivity index (χ1v) is 8.82. The van der Waals surface area contributed by atoms with E-state index in [4.69, 9.17) is 4.74 Å². The van der Waals surface area contributed by atoms with E-state index in [-0.39, 0.29) is 11.6 Å². The summed E-state index contributed by atoms with van der Waals surface area (Å²) in [6.07, 6.45) is 9.64. The molecule has 0 unspecified atom stereocenters. The van der Waals surface area contributed by atoms with Crippen molar-refractivity contribution in [2.45, 2.75) is 58.4 Å². The van der Waals surface area contributed by atoms with Gasteiger partial charge in [-0.25, -0.2) is 9.97 Å². The summed E-state index contributed by atoms with van der Waals surface area (Å²) in [6.45, 7) is 8.64. The molecule has 0 aromatic carbocycles. The molecule has 2 heterocycles. The Morgan fingerprint density at radius 3 is 2.88 bits per heavy atom. The van der Waals surface area contributed by atoms with Crippen LogP contribution in [0.4, 0.5) is 0 Å². The van der Waals surface area contributed by atoms with E-state index in [9.17, 15) is 4.79 Å². The highest BCUT2D eigenvalue weighted by Crippen LogP contribution is 2.32. The van der Waals surface area contributed by atoms with Crippen molar-refractivity contribution in [2.75, 3.05) is 6.61 Å².